The first-order valence-electron chi connectivity index (χ1n) is 11.5. The van der Waals surface area contributed by atoms with Gasteiger partial charge >= 0.3 is 18.5 Å². The number of rotatable bonds is 8. The largest absolute Gasteiger partial charge is 0.417 e. The molecule has 2 atom stereocenters. The van der Waals surface area contributed by atoms with Gasteiger partial charge in [-0.3, -0.25) is 9.59 Å². The summed E-state index contributed by atoms with van der Waals surface area (Å²) in [6, 6.07) is 0.906. The highest BCUT2D eigenvalue weighted by molar-refractivity contribution is 6.48. The van der Waals surface area contributed by atoms with E-state index in [2.05, 4.69) is 0 Å². The van der Waals surface area contributed by atoms with E-state index in [1.807, 2.05) is 5.32 Å². The number of amides is 2. The third-order valence-corrected chi connectivity index (χ3v) is 6.85. The zero-order valence-electron chi connectivity index (χ0n) is 21.2. The van der Waals surface area contributed by atoms with Gasteiger partial charge in [-0.05, 0) is 49.8 Å². The van der Waals surface area contributed by atoms with Crippen molar-refractivity contribution >= 4 is 52.4 Å². The molecule has 0 radical (unpaired) electrons. The number of halogens is 13. The average Bonchev–Trinajstić information content (AvgIpc) is 2.85. The molecule has 0 fully saturated rings. The molecular formula is C25H19Cl3F10N2O2. The van der Waals surface area contributed by atoms with Gasteiger partial charge in [-0.1, -0.05) is 40.9 Å². The van der Waals surface area contributed by atoms with E-state index in [9.17, 15) is 49.1 Å². The zero-order valence-corrected chi connectivity index (χ0v) is 23.5. The molecule has 0 aliphatic carbocycles. The molecule has 0 aromatic heterocycles. The van der Waals surface area contributed by atoms with Gasteiger partial charge in [0.05, 0.1) is 26.2 Å². The number of nitrogens with one attached hydrogen (secondary N) is 1. The molecular weight excluding hydrogens is 657 g/mol. The Morgan fingerprint density at radius 3 is 1.95 bits per heavy atom. The van der Waals surface area contributed by atoms with Crippen molar-refractivity contribution in [2.24, 2.45) is 0 Å². The van der Waals surface area contributed by atoms with Gasteiger partial charge in [0.2, 0.25) is 5.91 Å². The molecule has 1 unspecified atom stereocenters. The fourth-order valence-electron chi connectivity index (χ4n) is 3.67. The van der Waals surface area contributed by atoms with Crippen molar-refractivity contribution in [2.45, 2.75) is 44.3 Å². The van der Waals surface area contributed by atoms with Crippen LogP contribution in [-0.4, -0.2) is 48.2 Å². The monoisotopic (exact) mass is 674 g/mol. The van der Waals surface area contributed by atoms with Crippen molar-refractivity contribution < 1.29 is 53.5 Å². The van der Waals surface area contributed by atoms with Crippen molar-refractivity contribution in [1.82, 2.24) is 10.2 Å². The Balaban J connectivity index is 2.48. The highest BCUT2D eigenvalue weighted by atomic mass is 35.5. The van der Waals surface area contributed by atoms with E-state index in [0.717, 1.165) is 19.1 Å². The number of benzene rings is 2. The molecule has 1 N–H and O–H groups in total. The molecule has 0 aliphatic rings. The van der Waals surface area contributed by atoms with Crippen molar-refractivity contribution in [3.63, 3.8) is 0 Å². The fraction of sp³-hybridized carbons (Fsp3) is 0.360. The summed E-state index contributed by atoms with van der Waals surface area (Å²) >= 11 is 17.2. The summed E-state index contributed by atoms with van der Waals surface area (Å²) < 4.78 is 136. The van der Waals surface area contributed by atoms with E-state index in [0.29, 0.717) is 17.0 Å². The molecule has 2 aromatic rings. The Labute approximate surface area is 247 Å². The minimum atomic E-state index is -5.34. The van der Waals surface area contributed by atoms with Gasteiger partial charge in [-0.2, -0.15) is 39.5 Å². The summed E-state index contributed by atoms with van der Waals surface area (Å²) in [5.41, 5.74) is -4.62. The lowest BCUT2D eigenvalue weighted by molar-refractivity contribution is -0.161. The predicted molar refractivity (Wildman–Crippen MR) is 136 cm³/mol. The summed E-state index contributed by atoms with van der Waals surface area (Å²) in [5.74, 6) is -7.29. The molecule has 42 heavy (non-hydrogen) atoms. The Morgan fingerprint density at radius 1 is 0.952 bits per heavy atom. The van der Waals surface area contributed by atoms with Crippen molar-refractivity contribution in [3.8, 4) is 0 Å². The molecule has 17 heteroatoms. The second-order valence-electron chi connectivity index (χ2n) is 8.75. The molecule has 4 nitrogen and oxygen atoms in total. The van der Waals surface area contributed by atoms with E-state index in [1.54, 1.807) is 0 Å². The summed E-state index contributed by atoms with van der Waals surface area (Å²) in [4.78, 5) is 25.2. The first-order valence-corrected chi connectivity index (χ1v) is 12.7. The lowest BCUT2D eigenvalue weighted by atomic mass is 9.95. The Bertz CT molecular complexity index is 1330. The SMILES string of the molecule is CCN(CC(F)(F)F)C(=O)[C@@H](C)NC(=O)c1ccc(/C(F)=C/C(c2cc(Cl)c(Cl)c(Cl)c2)C(F)(F)F)cc1C(F)(F)F. The smallest absolute Gasteiger partial charge is 0.341 e. The molecule has 2 amide bonds. The van der Waals surface area contributed by atoms with Crippen LogP contribution in [0.4, 0.5) is 43.9 Å². The standard InChI is InChI=1S/C25H19Cl3F10N2O2/c1-3-40(10-23(30,31)32)22(42)11(2)39-21(41)14-5-4-12(6-16(14)25(36,37)38)19(29)9-15(24(33,34)35)13-7-17(26)20(28)18(27)8-13/h4-9,11,15H,3,10H2,1-2H3,(H,39,41)/b19-9-/t11-,15?/m1/s1. The number of hydrogen-bond acceptors (Lipinski definition) is 2. The normalized spacial score (nSPS) is 14.4. The number of carbonyl (C=O) groups excluding carboxylic acids is 2. The second-order valence-corrected chi connectivity index (χ2v) is 9.95. The first kappa shape index (κ1) is 35.5. The van der Waals surface area contributed by atoms with Crippen molar-refractivity contribution in [2.75, 3.05) is 13.1 Å². The number of alkyl halides is 9. The number of hydrogen-bond donors (Lipinski definition) is 1. The summed E-state index contributed by atoms with van der Waals surface area (Å²) in [7, 11) is 0. The van der Waals surface area contributed by atoms with Gasteiger partial charge in [0.1, 0.15) is 24.3 Å². The molecule has 0 bridgehead atoms. The highest BCUT2D eigenvalue weighted by Gasteiger charge is 2.41. The zero-order chi connectivity index (χ0) is 32.4. The molecule has 0 saturated carbocycles. The van der Waals surface area contributed by atoms with Crippen LogP contribution in [0, 0.1) is 0 Å². The number of nitrogens with zero attached hydrogens (tertiary/aromatic N) is 1. The van der Waals surface area contributed by atoms with Gasteiger partial charge < -0.3 is 10.2 Å². The van der Waals surface area contributed by atoms with E-state index in [1.165, 1.54) is 6.92 Å². The maximum absolute atomic E-state index is 15.0. The van der Waals surface area contributed by atoms with E-state index in [4.69, 9.17) is 34.8 Å². The third kappa shape index (κ3) is 9.14. The molecule has 2 aromatic carbocycles. The number of carbonyl (C=O) groups is 2. The Hall–Kier alpha value is -2.71. The van der Waals surface area contributed by atoms with Gasteiger partial charge in [0.25, 0.3) is 5.91 Å². The minimum Gasteiger partial charge on any atom is -0.341 e. The van der Waals surface area contributed by atoms with Crippen LogP contribution in [0.1, 0.15) is 46.8 Å². The van der Waals surface area contributed by atoms with Crippen LogP contribution < -0.4 is 5.32 Å². The van der Waals surface area contributed by atoms with Crippen molar-refractivity contribution in [3.05, 3.63) is 73.7 Å². The second kappa shape index (κ2) is 13.3. The lowest BCUT2D eigenvalue weighted by Gasteiger charge is -2.26. The van der Waals surface area contributed by atoms with Gasteiger partial charge in [0.15, 0.2) is 0 Å². The maximum atomic E-state index is 15.0. The number of allylic oxidation sites excluding steroid dienone is 1. The van der Waals surface area contributed by atoms with Crippen molar-refractivity contribution in [1.29, 1.82) is 0 Å². The number of likely N-dealkylation sites (N-methyl/N-ethyl adjacent to an activating group) is 1. The van der Waals surface area contributed by atoms with Gasteiger partial charge in [-0.25, -0.2) is 4.39 Å². The fourth-order valence-corrected chi connectivity index (χ4v) is 4.29. The maximum Gasteiger partial charge on any atom is 0.417 e. The molecule has 0 aliphatic heterocycles. The van der Waals surface area contributed by atoms with Crippen LogP contribution in [0.5, 0.6) is 0 Å². The van der Waals surface area contributed by atoms with Crippen LogP contribution >= 0.6 is 34.8 Å². The molecule has 0 spiro atoms. The third-order valence-electron chi connectivity index (χ3n) is 5.66. The first-order chi connectivity index (χ1) is 19.1. The lowest BCUT2D eigenvalue weighted by Crippen LogP contribution is -2.49. The average molecular weight is 676 g/mol. The topological polar surface area (TPSA) is 49.4 Å². The van der Waals surface area contributed by atoms with Crippen LogP contribution in [0.25, 0.3) is 5.83 Å². The minimum absolute atomic E-state index is 0.0220. The summed E-state index contributed by atoms with van der Waals surface area (Å²) in [6.45, 7) is 0.0417. The highest BCUT2D eigenvalue weighted by Crippen LogP contribution is 2.43. The van der Waals surface area contributed by atoms with Gasteiger partial charge in [0, 0.05) is 12.1 Å². The summed E-state index contributed by atoms with van der Waals surface area (Å²) in [6.07, 6.45) is -15.3. The Morgan fingerprint density at radius 2 is 1.50 bits per heavy atom. The van der Waals surface area contributed by atoms with Crippen LogP contribution in [0.15, 0.2) is 36.4 Å². The molecule has 0 heterocycles. The van der Waals surface area contributed by atoms with E-state index < -0.39 is 93.5 Å². The van der Waals surface area contributed by atoms with Gasteiger partial charge in [-0.15, -0.1) is 0 Å². The van der Waals surface area contributed by atoms with Crippen LogP contribution in [0.2, 0.25) is 15.1 Å². The summed E-state index contributed by atoms with van der Waals surface area (Å²) in [5, 5.41) is 0.777. The van der Waals surface area contributed by atoms with E-state index in [-0.39, 0.29) is 17.2 Å². The molecule has 2 rings (SSSR count). The quantitative estimate of drug-likeness (QED) is 0.225. The predicted octanol–water partition coefficient (Wildman–Crippen LogP) is 8.85. The van der Waals surface area contributed by atoms with E-state index >= 15 is 4.39 Å². The molecule has 232 valence electrons. The Kier molecular flexibility index (Phi) is 11.2. The van der Waals surface area contributed by atoms with Crippen LogP contribution in [0.3, 0.4) is 0 Å². The van der Waals surface area contributed by atoms with Crippen LogP contribution in [-0.2, 0) is 11.0 Å². The molecule has 0 saturated heterocycles.